The molecule has 4 rings (SSSR count). The summed E-state index contributed by atoms with van der Waals surface area (Å²) in [5, 5.41) is 17.9. The minimum absolute atomic E-state index is 0.00765. The Hall–Kier alpha value is -2.95. The molecule has 0 radical (unpaired) electrons. The average Bonchev–Trinajstić information content (AvgIpc) is 2.79. The number of nitrogens with one attached hydrogen (secondary N) is 2. The Kier molecular flexibility index (Phi) is 6.45. The number of ether oxygens (including phenoxy) is 2. The third-order valence-electron chi connectivity index (χ3n) is 5.05. The fourth-order valence-electron chi connectivity index (χ4n) is 3.53. The van der Waals surface area contributed by atoms with Crippen LogP contribution in [0.2, 0.25) is 10.0 Å². The summed E-state index contributed by atoms with van der Waals surface area (Å²) in [7, 11) is 1.39. The van der Waals surface area contributed by atoms with E-state index in [0.717, 1.165) is 19.4 Å². The van der Waals surface area contributed by atoms with Crippen molar-refractivity contribution in [3.63, 3.8) is 0 Å². The van der Waals surface area contributed by atoms with E-state index in [4.69, 9.17) is 32.7 Å². The van der Waals surface area contributed by atoms with Gasteiger partial charge in [-0.1, -0.05) is 23.2 Å². The van der Waals surface area contributed by atoms with Crippen molar-refractivity contribution in [1.29, 1.82) is 0 Å². The lowest BCUT2D eigenvalue weighted by molar-refractivity contribution is -0.384. The molecule has 1 aromatic heterocycles. The van der Waals surface area contributed by atoms with Crippen LogP contribution in [0.25, 0.3) is 10.9 Å². The number of fused-ring (bicyclic) bond motifs is 1. The fraction of sp³-hybridized carbons (Fsp3) is 0.300. The molecule has 1 aliphatic rings. The molecule has 0 saturated carbocycles. The van der Waals surface area contributed by atoms with Crippen molar-refractivity contribution >= 4 is 51.3 Å². The molecule has 32 heavy (non-hydrogen) atoms. The molecule has 2 N–H and O–H groups in total. The molecule has 1 unspecified atom stereocenters. The molecule has 0 bridgehead atoms. The Labute approximate surface area is 192 Å². The molecule has 9 nitrogen and oxygen atoms in total. The summed E-state index contributed by atoms with van der Waals surface area (Å²) in [6.07, 6.45) is 2.54. The van der Waals surface area contributed by atoms with Crippen LogP contribution in [0.1, 0.15) is 12.8 Å². The quantitative estimate of drug-likeness (QED) is 0.291. The summed E-state index contributed by atoms with van der Waals surface area (Å²) < 4.78 is 26.0. The van der Waals surface area contributed by atoms with Crippen LogP contribution in [0.5, 0.6) is 11.5 Å². The topological polar surface area (TPSA) is 111 Å². The van der Waals surface area contributed by atoms with Crippen molar-refractivity contribution < 1.29 is 18.8 Å². The van der Waals surface area contributed by atoms with E-state index in [1.807, 2.05) is 0 Å². The normalized spacial score (nSPS) is 16.1. The highest BCUT2D eigenvalue weighted by atomic mass is 35.5. The first kappa shape index (κ1) is 22.3. The number of aromatic nitrogens is 2. The van der Waals surface area contributed by atoms with E-state index in [9.17, 15) is 14.5 Å². The number of rotatable bonds is 6. The third-order valence-corrected chi connectivity index (χ3v) is 5.83. The van der Waals surface area contributed by atoms with Crippen LogP contribution in [0.3, 0.4) is 0 Å². The highest BCUT2D eigenvalue weighted by Gasteiger charge is 2.31. The van der Waals surface area contributed by atoms with E-state index < -0.39 is 10.7 Å². The van der Waals surface area contributed by atoms with Gasteiger partial charge in [0.15, 0.2) is 11.6 Å². The number of anilines is 2. The molecule has 2 heterocycles. The lowest BCUT2D eigenvalue weighted by atomic mass is 10.1. The second-order valence-corrected chi connectivity index (χ2v) is 7.85. The molecular formula is C20H18Cl2FN5O4. The Balaban J connectivity index is 1.88. The zero-order valence-electron chi connectivity index (χ0n) is 16.8. The molecule has 2 aromatic carbocycles. The number of methoxy groups -OCH3 is 1. The average molecular weight is 482 g/mol. The smallest absolute Gasteiger partial charge is 0.327 e. The number of hydrogen-bond acceptors (Lipinski definition) is 8. The first-order chi connectivity index (χ1) is 15.4. The van der Waals surface area contributed by atoms with Crippen molar-refractivity contribution in [3.8, 4) is 11.5 Å². The van der Waals surface area contributed by atoms with Gasteiger partial charge < -0.3 is 20.1 Å². The van der Waals surface area contributed by atoms with E-state index in [-0.39, 0.29) is 55.7 Å². The Morgan fingerprint density at radius 3 is 2.84 bits per heavy atom. The van der Waals surface area contributed by atoms with E-state index in [1.54, 1.807) is 0 Å². The van der Waals surface area contributed by atoms with Gasteiger partial charge in [-0.05, 0) is 31.5 Å². The highest BCUT2D eigenvalue weighted by molar-refractivity contribution is 6.42. The fourth-order valence-corrected chi connectivity index (χ4v) is 3.84. The zero-order valence-corrected chi connectivity index (χ0v) is 18.3. The number of nitro groups is 1. The van der Waals surface area contributed by atoms with Crippen molar-refractivity contribution in [3.05, 3.63) is 50.5 Å². The van der Waals surface area contributed by atoms with Gasteiger partial charge in [-0.25, -0.2) is 14.4 Å². The van der Waals surface area contributed by atoms with Crippen molar-refractivity contribution in [2.75, 3.05) is 25.5 Å². The number of piperidine rings is 1. The maximum atomic E-state index is 14.6. The summed E-state index contributed by atoms with van der Waals surface area (Å²) >= 11 is 11.7. The van der Waals surface area contributed by atoms with Crippen LogP contribution in [0.15, 0.2) is 24.5 Å². The number of halogens is 3. The predicted molar refractivity (Wildman–Crippen MR) is 119 cm³/mol. The molecule has 1 saturated heterocycles. The molecule has 0 spiro atoms. The Morgan fingerprint density at radius 1 is 1.34 bits per heavy atom. The molecule has 0 aliphatic carbocycles. The standard InChI is InChI=1S/C20H18Cl2FN5O4/c1-31-14-7-13-15(18(28(29)30)19(14)32-10-3-2-6-24-8-10)20(26-9-25-13)27-12-5-4-11(21)16(22)17(12)23/h4-5,7,9-10,24H,2-3,6,8H2,1H3,(H,25,26,27). The molecule has 1 fully saturated rings. The lowest BCUT2D eigenvalue weighted by Gasteiger charge is -2.25. The summed E-state index contributed by atoms with van der Waals surface area (Å²) in [5.41, 5.74) is -0.211. The van der Waals surface area contributed by atoms with Gasteiger partial charge in [0, 0.05) is 12.6 Å². The monoisotopic (exact) mass is 481 g/mol. The molecule has 3 aromatic rings. The molecule has 1 aliphatic heterocycles. The third kappa shape index (κ3) is 4.21. The van der Waals surface area contributed by atoms with Gasteiger partial charge in [0.05, 0.1) is 33.3 Å². The first-order valence-electron chi connectivity index (χ1n) is 9.68. The summed E-state index contributed by atoms with van der Waals surface area (Å²) in [5.74, 6) is -0.675. The molecule has 0 amide bonds. The molecule has 1 atom stereocenters. The minimum Gasteiger partial charge on any atom is -0.493 e. The van der Waals surface area contributed by atoms with Crippen molar-refractivity contribution in [2.45, 2.75) is 18.9 Å². The second kappa shape index (κ2) is 9.27. The second-order valence-electron chi connectivity index (χ2n) is 7.06. The predicted octanol–water partition coefficient (Wildman–Crippen LogP) is 4.87. The van der Waals surface area contributed by atoms with E-state index in [0.29, 0.717) is 6.54 Å². The molecular weight excluding hydrogens is 464 g/mol. The van der Waals surface area contributed by atoms with E-state index in [2.05, 4.69) is 20.6 Å². The van der Waals surface area contributed by atoms with Crippen LogP contribution in [-0.4, -0.2) is 41.2 Å². The SMILES string of the molecule is COc1cc2ncnc(Nc3ccc(Cl)c(Cl)c3F)c2c([N+](=O)[O-])c1OC1CCCNC1. The molecule has 168 valence electrons. The summed E-state index contributed by atoms with van der Waals surface area (Å²) in [6.45, 7) is 1.40. The van der Waals surface area contributed by atoms with Gasteiger partial charge in [0.2, 0.25) is 5.75 Å². The van der Waals surface area contributed by atoms with E-state index in [1.165, 1.54) is 31.6 Å². The zero-order chi connectivity index (χ0) is 22.8. The van der Waals surface area contributed by atoms with Crippen LogP contribution < -0.4 is 20.1 Å². The van der Waals surface area contributed by atoms with Crippen LogP contribution in [0, 0.1) is 15.9 Å². The number of nitro benzene ring substituents is 1. The Bertz CT molecular complexity index is 1190. The lowest BCUT2D eigenvalue weighted by Crippen LogP contribution is -2.37. The van der Waals surface area contributed by atoms with Crippen LogP contribution >= 0.6 is 23.2 Å². The van der Waals surface area contributed by atoms with Crippen LogP contribution in [0.4, 0.5) is 21.6 Å². The number of hydrogen-bond donors (Lipinski definition) is 2. The first-order valence-corrected chi connectivity index (χ1v) is 10.4. The van der Waals surface area contributed by atoms with Gasteiger partial charge in [0.25, 0.3) is 0 Å². The van der Waals surface area contributed by atoms with Crippen molar-refractivity contribution in [1.82, 2.24) is 15.3 Å². The van der Waals surface area contributed by atoms with Crippen molar-refractivity contribution in [2.24, 2.45) is 0 Å². The Morgan fingerprint density at radius 2 is 2.16 bits per heavy atom. The van der Waals surface area contributed by atoms with Gasteiger partial charge >= 0.3 is 5.69 Å². The minimum atomic E-state index is -0.813. The van der Waals surface area contributed by atoms with Crippen LogP contribution in [-0.2, 0) is 0 Å². The maximum absolute atomic E-state index is 14.6. The number of benzene rings is 2. The van der Waals surface area contributed by atoms with Gasteiger partial charge in [-0.3, -0.25) is 10.1 Å². The highest BCUT2D eigenvalue weighted by Crippen LogP contribution is 2.46. The summed E-state index contributed by atoms with van der Waals surface area (Å²) in [6, 6.07) is 4.28. The van der Waals surface area contributed by atoms with E-state index >= 15 is 0 Å². The number of nitrogens with zero attached hydrogens (tertiary/aromatic N) is 3. The van der Waals surface area contributed by atoms with Gasteiger partial charge in [0.1, 0.15) is 23.6 Å². The van der Waals surface area contributed by atoms with Gasteiger partial charge in [-0.15, -0.1) is 0 Å². The largest absolute Gasteiger partial charge is 0.493 e. The molecule has 12 heteroatoms. The maximum Gasteiger partial charge on any atom is 0.327 e. The summed E-state index contributed by atoms with van der Waals surface area (Å²) in [4.78, 5) is 19.8. The van der Waals surface area contributed by atoms with Gasteiger partial charge in [-0.2, -0.15) is 0 Å².